The molecule has 0 aromatic carbocycles. The van der Waals surface area contributed by atoms with Crippen molar-refractivity contribution < 1.29 is 62.1 Å². The van der Waals surface area contributed by atoms with Crippen LogP contribution in [0.4, 0.5) is 4.79 Å². The molecule has 0 unspecified atom stereocenters. The Morgan fingerprint density at radius 3 is 1.14 bits per heavy atom. The molecule has 0 radical (unpaired) electrons. The van der Waals surface area contributed by atoms with Gasteiger partial charge in [-0.3, -0.25) is 33.6 Å². The van der Waals surface area contributed by atoms with Gasteiger partial charge < -0.3 is 50.8 Å². The Morgan fingerprint density at radius 1 is 0.354 bits per heavy atom. The Bertz CT molecular complexity index is 2020. The maximum Gasteiger partial charge on any atom is 0.407 e. The minimum Gasteiger partial charge on any atom is -0.460 e. The van der Waals surface area contributed by atoms with Gasteiger partial charge in [-0.05, 0) is 67.2 Å². The Labute approximate surface area is 587 Å². The number of carbonyl (C=O) groups excluding carboxylic acids is 9. The number of nitrogens with one attached hydrogen (secondary N) is 6. The van der Waals surface area contributed by atoms with Gasteiger partial charge in [-0.2, -0.15) is 11.8 Å². The Balaban J connectivity index is 5.70. The zero-order valence-electron chi connectivity index (χ0n) is 62.4. The predicted molar refractivity (Wildman–Crippen MR) is 391 cm³/mol. The monoisotopic (exact) mass is 1380 g/mol. The fraction of sp³-hybridized carbons (Fsp3) is 0.882. The molecule has 0 saturated carbocycles. The fourth-order valence-corrected chi connectivity index (χ4v) is 12.1. The van der Waals surface area contributed by atoms with E-state index in [9.17, 15) is 43.2 Å². The third-order valence-electron chi connectivity index (χ3n) is 16.6. The summed E-state index contributed by atoms with van der Waals surface area (Å²) in [5.74, 6) is -4.72. The molecule has 6 N–H and O–H groups in total. The lowest BCUT2D eigenvalue weighted by Gasteiger charge is -2.25. The first kappa shape index (κ1) is 91.4. The minimum absolute atomic E-state index is 0.0381. The first-order chi connectivity index (χ1) is 46.1. The fourth-order valence-electron chi connectivity index (χ4n) is 11.1. The molecule has 0 aromatic heterocycles. The highest BCUT2D eigenvalue weighted by Gasteiger charge is 2.29. The SMILES string of the molecule is CCCCCCCCCCCCCCCCCCNC(=O)OC[C@H](CSC[C@H](NC(=O)CCCCCCCCCCCCCCC)C(=O)NCC(=O)NCC(=O)NCC(=O)N[C@@H](CCC(=O)OC(C)(C)C)C(=O)OC(C)(C)C)OC(=O)CCCCCCCCCCCCCCC. The van der Waals surface area contributed by atoms with E-state index >= 15 is 0 Å². The van der Waals surface area contributed by atoms with Crippen LogP contribution in [0.15, 0.2) is 0 Å². The van der Waals surface area contributed by atoms with Gasteiger partial charge in [0.25, 0.3) is 0 Å². The summed E-state index contributed by atoms with van der Waals surface area (Å²) in [7, 11) is 0. The van der Waals surface area contributed by atoms with Crippen LogP contribution in [0.1, 0.15) is 358 Å². The molecule has 20 heteroatoms. The summed E-state index contributed by atoms with van der Waals surface area (Å²) in [5.41, 5.74) is -1.64. The number of alkyl carbamates (subject to hydrolysis) is 1. The quantitative estimate of drug-likeness (QED) is 0.0188. The number of rotatable bonds is 65. The largest absolute Gasteiger partial charge is 0.460 e. The summed E-state index contributed by atoms with van der Waals surface area (Å²) in [6.07, 6.45) is 49.1. The lowest BCUT2D eigenvalue weighted by atomic mass is 10.0. The molecule has 0 bridgehead atoms. The molecule has 96 heavy (non-hydrogen) atoms. The molecule has 0 heterocycles. The zero-order chi connectivity index (χ0) is 71.2. The molecule has 560 valence electrons. The molecule has 0 fully saturated rings. The number of ether oxygens (including phenoxy) is 4. The van der Waals surface area contributed by atoms with Crippen LogP contribution in [0.25, 0.3) is 0 Å². The highest BCUT2D eigenvalue weighted by Crippen LogP contribution is 2.19. The molecule has 6 amide bonds. The molecule has 0 rings (SSSR count). The third-order valence-corrected chi connectivity index (χ3v) is 17.8. The van der Waals surface area contributed by atoms with Gasteiger partial charge in [0.2, 0.25) is 29.5 Å². The molecule has 0 aliphatic rings. The van der Waals surface area contributed by atoms with Gasteiger partial charge in [0.15, 0.2) is 0 Å². The average molecular weight is 1380 g/mol. The molecule has 0 aliphatic heterocycles. The summed E-state index contributed by atoms with van der Waals surface area (Å²) in [4.78, 5) is 118. The lowest BCUT2D eigenvalue weighted by molar-refractivity contribution is -0.160. The van der Waals surface area contributed by atoms with Crippen LogP contribution >= 0.6 is 11.8 Å². The van der Waals surface area contributed by atoms with Gasteiger partial charge in [-0.15, -0.1) is 0 Å². The second-order valence-corrected chi connectivity index (χ2v) is 29.7. The van der Waals surface area contributed by atoms with E-state index in [2.05, 4.69) is 52.7 Å². The molecule has 0 aliphatic carbocycles. The van der Waals surface area contributed by atoms with Crippen LogP contribution < -0.4 is 31.9 Å². The van der Waals surface area contributed by atoms with E-state index in [1.165, 1.54) is 211 Å². The van der Waals surface area contributed by atoms with Gasteiger partial charge in [-0.25, -0.2) is 9.59 Å². The number of thioether (sulfide) groups is 1. The number of hydrogen-bond donors (Lipinski definition) is 6. The van der Waals surface area contributed by atoms with Crippen molar-refractivity contribution in [1.82, 2.24) is 31.9 Å². The summed E-state index contributed by atoms with van der Waals surface area (Å²) in [6, 6.07) is -2.31. The smallest absolute Gasteiger partial charge is 0.407 e. The highest BCUT2D eigenvalue weighted by molar-refractivity contribution is 7.99. The van der Waals surface area contributed by atoms with Crippen LogP contribution in [-0.4, -0.2) is 127 Å². The van der Waals surface area contributed by atoms with Crippen LogP contribution in [0.5, 0.6) is 0 Å². The molecule has 0 aromatic rings. The van der Waals surface area contributed by atoms with E-state index < -0.39 is 96.7 Å². The molecular weight excluding hydrogens is 1240 g/mol. The Hall–Kier alpha value is -4.62. The molecular formula is C76H142N6O13S. The lowest BCUT2D eigenvalue weighted by Crippen LogP contribution is -2.51. The van der Waals surface area contributed by atoms with E-state index in [-0.39, 0.29) is 49.7 Å². The third kappa shape index (κ3) is 62.9. The number of hydrogen-bond acceptors (Lipinski definition) is 14. The summed E-state index contributed by atoms with van der Waals surface area (Å²) in [5, 5.41) is 15.6. The van der Waals surface area contributed by atoms with Crippen molar-refractivity contribution in [3.8, 4) is 0 Å². The van der Waals surface area contributed by atoms with Crippen LogP contribution in [-0.2, 0) is 57.3 Å². The number of amides is 6. The zero-order valence-corrected chi connectivity index (χ0v) is 63.2. The van der Waals surface area contributed by atoms with Gasteiger partial charge in [0.1, 0.15) is 36.0 Å². The Kier molecular flexibility index (Phi) is 59.6. The summed E-state index contributed by atoms with van der Waals surface area (Å²) >= 11 is 1.24. The maximum absolute atomic E-state index is 13.8. The Morgan fingerprint density at radius 2 is 0.719 bits per heavy atom. The number of esters is 3. The van der Waals surface area contributed by atoms with Crippen LogP contribution in [0.3, 0.4) is 0 Å². The highest BCUT2D eigenvalue weighted by atomic mass is 32.2. The topological polar surface area (TPSA) is 263 Å². The van der Waals surface area contributed by atoms with Gasteiger partial charge in [-0.1, -0.05) is 271 Å². The molecule has 0 spiro atoms. The van der Waals surface area contributed by atoms with Gasteiger partial charge >= 0.3 is 24.0 Å². The summed E-state index contributed by atoms with van der Waals surface area (Å²) in [6.45, 7) is 15.5. The minimum atomic E-state index is -1.21. The van der Waals surface area contributed by atoms with Crippen molar-refractivity contribution >= 4 is 65.3 Å². The number of unbranched alkanes of at least 4 members (excludes halogenated alkanes) is 39. The van der Waals surface area contributed by atoms with E-state index in [4.69, 9.17) is 18.9 Å². The van der Waals surface area contributed by atoms with Gasteiger partial charge in [0, 0.05) is 37.3 Å². The second-order valence-electron chi connectivity index (χ2n) is 28.6. The van der Waals surface area contributed by atoms with Crippen LogP contribution in [0, 0.1) is 0 Å². The first-order valence-corrected chi connectivity index (χ1v) is 39.8. The van der Waals surface area contributed by atoms with Crippen LogP contribution in [0.2, 0.25) is 0 Å². The van der Waals surface area contributed by atoms with Crippen molar-refractivity contribution in [2.75, 3.05) is 44.3 Å². The molecule has 3 atom stereocenters. The van der Waals surface area contributed by atoms with Crippen molar-refractivity contribution in [1.29, 1.82) is 0 Å². The maximum atomic E-state index is 13.8. The van der Waals surface area contributed by atoms with E-state index in [0.29, 0.717) is 19.4 Å². The second kappa shape index (κ2) is 62.6. The van der Waals surface area contributed by atoms with Gasteiger partial charge in [0.05, 0.1) is 19.6 Å². The molecule has 19 nitrogen and oxygen atoms in total. The first-order valence-electron chi connectivity index (χ1n) is 38.6. The van der Waals surface area contributed by atoms with E-state index in [1.807, 2.05) is 0 Å². The predicted octanol–water partition coefficient (Wildman–Crippen LogP) is 16.4. The van der Waals surface area contributed by atoms with Crippen molar-refractivity contribution in [2.45, 2.75) is 387 Å². The van der Waals surface area contributed by atoms with Crippen molar-refractivity contribution in [3.63, 3.8) is 0 Å². The van der Waals surface area contributed by atoms with E-state index in [1.54, 1.807) is 41.5 Å². The average Bonchev–Trinajstić information content (AvgIpc) is 1.09. The number of carbonyl (C=O) groups is 9. The molecule has 0 saturated heterocycles. The van der Waals surface area contributed by atoms with Crippen molar-refractivity contribution in [2.24, 2.45) is 0 Å². The normalized spacial score (nSPS) is 12.4. The summed E-state index contributed by atoms with van der Waals surface area (Å²) < 4.78 is 22.3. The standard InChI is InChI=1S/C76H142N6O13S/c1-10-13-16-19-22-25-28-31-32-33-36-39-42-45-48-51-56-77-74(91)92-60-63(93-70(87)53-50-47-44-41-38-35-30-27-24-21-18-15-12-3)61-96-62-65(82-66(83)52-49-46-43-40-37-34-29-26-23-20-17-14-11-2)72(89)80-58-68(85)78-57-67(84)79-59-69(86)81-64(73(90)95-76(7,8)9)54-55-71(88)94-75(4,5)6/h63-65H,10-62H2,1-9H3,(H,77,91)(H,78,85)(H,79,84)(H,80,89)(H,81,86)(H,82,83)/t63-,64+,65+/m1/s1. The van der Waals surface area contributed by atoms with Crippen molar-refractivity contribution in [3.05, 3.63) is 0 Å². The van der Waals surface area contributed by atoms with E-state index in [0.717, 1.165) is 57.8 Å².